The van der Waals surface area contributed by atoms with Crippen molar-refractivity contribution in [1.29, 1.82) is 0 Å². The number of nitrogens with zero attached hydrogens (tertiary/aromatic N) is 1. The average Bonchev–Trinajstić information content (AvgIpc) is 3.18. The minimum atomic E-state index is -0.814. The van der Waals surface area contributed by atoms with Gasteiger partial charge in [0.2, 0.25) is 5.91 Å². The number of fused-ring (bicyclic) bond motifs is 1. The van der Waals surface area contributed by atoms with Gasteiger partial charge in [0.25, 0.3) is 5.91 Å². The van der Waals surface area contributed by atoms with Gasteiger partial charge in [0.05, 0.1) is 6.61 Å². The molecule has 1 aliphatic carbocycles. The van der Waals surface area contributed by atoms with Crippen LogP contribution in [0.2, 0.25) is 0 Å². The summed E-state index contributed by atoms with van der Waals surface area (Å²) in [5.74, 6) is 0.856. The van der Waals surface area contributed by atoms with Crippen molar-refractivity contribution in [2.45, 2.75) is 70.6 Å². The highest BCUT2D eigenvalue weighted by Crippen LogP contribution is 2.35. The molecule has 2 heterocycles. The Kier molecular flexibility index (Phi) is 5.58. The maximum absolute atomic E-state index is 12.8. The Bertz CT molecular complexity index is 863. The number of urea groups is 1. The molecule has 2 aliphatic heterocycles. The van der Waals surface area contributed by atoms with Gasteiger partial charge >= 0.3 is 6.03 Å². The van der Waals surface area contributed by atoms with Crippen LogP contribution in [0.5, 0.6) is 11.5 Å². The molecule has 1 saturated heterocycles. The first-order valence-electron chi connectivity index (χ1n) is 10.8. The molecule has 4 amide bonds. The third-order valence-electron chi connectivity index (χ3n) is 6.11. The van der Waals surface area contributed by atoms with Gasteiger partial charge in [-0.25, -0.2) is 4.79 Å². The van der Waals surface area contributed by atoms with Gasteiger partial charge in [-0.1, -0.05) is 19.3 Å². The predicted octanol–water partition coefficient (Wildman–Crippen LogP) is 2.28. The number of benzene rings is 1. The molecule has 1 aromatic rings. The van der Waals surface area contributed by atoms with E-state index >= 15 is 0 Å². The van der Waals surface area contributed by atoms with E-state index in [4.69, 9.17) is 9.47 Å². The Morgan fingerprint density at radius 3 is 2.80 bits per heavy atom. The lowest BCUT2D eigenvalue weighted by Gasteiger charge is -2.30. The minimum Gasteiger partial charge on any atom is -0.494 e. The monoisotopic (exact) mass is 415 g/mol. The number of carbonyl (C=O) groups excluding carboxylic acids is 3. The van der Waals surface area contributed by atoms with E-state index < -0.39 is 11.6 Å². The molecule has 4 rings (SSSR count). The quantitative estimate of drug-likeness (QED) is 0.695. The zero-order valence-electron chi connectivity index (χ0n) is 17.6. The molecule has 3 aliphatic rings. The summed E-state index contributed by atoms with van der Waals surface area (Å²) in [4.78, 5) is 38.7. The molecule has 1 aromatic carbocycles. The fourth-order valence-corrected chi connectivity index (χ4v) is 4.62. The standard InChI is InChI=1S/C22H29N3O5/c1-3-29-17-10-15-9-14(2)30-18(15)11-16(17)12-23-19(26)13-25-20(27)22(24-21(25)28)7-5-4-6-8-22/h10-11,14H,3-9,12-13H2,1-2H3,(H,23,26)(H,24,28)/t14-/m0/s1. The van der Waals surface area contributed by atoms with Gasteiger partial charge in [-0.15, -0.1) is 0 Å². The molecule has 1 saturated carbocycles. The average molecular weight is 415 g/mol. The third kappa shape index (κ3) is 3.82. The highest BCUT2D eigenvalue weighted by atomic mass is 16.5. The molecule has 0 unspecified atom stereocenters. The van der Waals surface area contributed by atoms with Crippen molar-refractivity contribution < 1.29 is 23.9 Å². The smallest absolute Gasteiger partial charge is 0.325 e. The van der Waals surface area contributed by atoms with Gasteiger partial charge in [0.1, 0.15) is 29.7 Å². The highest BCUT2D eigenvalue weighted by Gasteiger charge is 2.51. The third-order valence-corrected chi connectivity index (χ3v) is 6.11. The second kappa shape index (κ2) is 8.16. The summed E-state index contributed by atoms with van der Waals surface area (Å²) in [5.41, 5.74) is 1.09. The van der Waals surface area contributed by atoms with Crippen LogP contribution in [0.1, 0.15) is 57.1 Å². The lowest BCUT2D eigenvalue weighted by Crippen LogP contribution is -2.49. The Morgan fingerprint density at radius 2 is 2.07 bits per heavy atom. The van der Waals surface area contributed by atoms with Crippen LogP contribution >= 0.6 is 0 Å². The van der Waals surface area contributed by atoms with Gasteiger partial charge in [-0.3, -0.25) is 14.5 Å². The summed E-state index contributed by atoms with van der Waals surface area (Å²) in [6.07, 6.45) is 5.11. The zero-order chi connectivity index (χ0) is 21.3. The van der Waals surface area contributed by atoms with Crippen LogP contribution in [-0.2, 0) is 22.6 Å². The van der Waals surface area contributed by atoms with Crippen LogP contribution in [0.25, 0.3) is 0 Å². The number of carbonyl (C=O) groups is 3. The molecule has 0 aromatic heterocycles. The van der Waals surface area contributed by atoms with Crippen LogP contribution in [0.3, 0.4) is 0 Å². The summed E-state index contributed by atoms with van der Waals surface area (Å²) in [6, 6.07) is 3.38. The van der Waals surface area contributed by atoms with E-state index in [0.29, 0.717) is 25.2 Å². The molecule has 1 spiro atoms. The van der Waals surface area contributed by atoms with E-state index in [-0.39, 0.29) is 31.0 Å². The van der Waals surface area contributed by atoms with E-state index in [1.54, 1.807) is 0 Å². The molecule has 8 nitrogen and oxygen atoms in total. The maximum atomic E-state index is 12.8. The summed E-state index contributed by atoms with van der Waals surface area (Å²) in [6.45, 7) is 4.38. The maximum Gasteiger partial charge on any atom is 0.325 e. The summed E-state index contributed by atoms with van der Waals surface area (Å²) >= 11 is 0. The summed E-state index contributed by atoms with van der Waals surface area (Å²) < 4.78 is 11.5. The van der Waals surface area contributed by atoms with Crippen LogP contribution in [0.4, 0.5) is 4.79 Å². The molecular weight excluding hydrogens is 386 g/mol. The largest absolute Gasteiger partial charge is 0.494 e. The van der Waals surface area contributed by atoms with Gasteiger partial charge in [-0.2, -0.15) is 0 Å². The number of rotatable bonds is 6. The van der Waals surface area contributed by atoms with Gasteiger partial charge < -0.3 is 20.1 Å². The Labute approximate surface area is 176 Å². The van der Waals surface area contributed by atoms with Crippen molar-refractivity contribution in [2.75, 3.05) is 13.2 Å². The van der Waals surface area contributed by atoms with Gasteiger partial charge in [0.15, 0.2) is 0 Å². The Balaban J connectivity index is 1.40. The Morgan fingerprint density at radius 1 is 1.30 bits per heavy atom. The zero-order valence-corrected chi connectivity index (χ0v) is 17.6. The number of imide groups is 1. The summed E-state index contributed by atoms with van der Waals surface area (Å²) in [7, 11) is 0. The van der Waals surface area contributed by atoms with Crippen molar-refractivity contribution in [3.05, 3.63) is 23.3 Å². The normalized spacial score (nSPS) is 21.9. The predicted molar refractivity (Wildman–Crippen MR) is 109 cm³/mol. The van der Waals surface area contributed by atoms with Crippen LogP contribution in [-0.4, -0.2) is 47.5 Å². The number of ether oxygens (including phenoxy) is 2. The summed E-state index contributed by atoms with van der Waals surface area (Å²) in [5, 5.41) is 5.64. The number of nitrogens with one attached hydrogen (secondary N) is 2. The molecule has 2 fully saturated rings. The number of hydrogen-bond donors (Lipinski definition) is 2. The fourth-order valence-electron chi connectivity index (χ4n) is 4.62. The second-order valence-electron chi connectivity index (χ2n) is 8.37. The lowest BCUT2D eigenvalue weighted by atomic mass is 9.82. The van der Waals surface area contributed by atoms with E-state index in [0.717, 1.165) is 47.5 Å². The SMILES string of the molecule is CCOc1cc2c(cc1CNC(=O)CN1C(=O)NC3(CCCCC3)C1=O)O[C@@H](C)C2. The number of hydrogen-bond acceptors (Lipinski definition) is 5. The number of amides is 4. The van der Waals surface area contributed by atoms with Crippen molar-refractivity contribution >= 4 is 17.8 Å². The van der Waals surface area contributed by atoms with Crippen molar-refractivity contribution in [1.82, 2.24) is 15.5 Å². The highest BCUT2D eigenvalue weighted by molar-refractivity contribution is 6.09. The van der Waals surface area contributed by atoms with E-state index in [2.05, 4.69) is 10.6 Å². The molecular formula is C22H29N3O5. The molecule has 2 N–H and O–H groups in total. The van der Waals surface area contributed by atoms with Crippen LogP contribution in [0, 0.1) is 0 Å². The first-order valence-corrected chi connectivity index (χ1v) is 10.8. The van der Waals surface area contributed by atoms with Crippen LogP contribution < -0.4 is 20.1 Å². The van der Waals surface area contributed by atoms with Crippen molar-refractivity contribution in [3.8, 4) is 11.5 Å². The van der Waals surface area contributed by atoms with Crippen LogP contribution in [0.15, 0.2) is 12.1 Å². The van der Waals surface area contributed by atoms with Gasteiger partial charge in [0, 0.05) is 24.1 Å². The van der Waals surface area contributed by atoms with Crippen molar-refractivity contribution in [3.63, 3.8) is 0 Å². The molecule has 162 valence electrons. The molecule has 0 radical (unpaired) electrons. The second-order valence-corrected chi connectivity index (χ2v) is 8.37. The fraction of sp³-hybridized carbons (Fsp3) is 0.591. The molecule has 30 heavy (non-hydrogen) atoms. The lowest BCUT2D eigenvalue weighted by molar-refractivity contribution is -0.135. The van der Waals surface area contributed by atoms with E-state index in [9.17, 15) is 14.4 Å². The molecule has 8 heteroatoms. The Hall–Kier alpha value is -2.77. The molecule has 1 atom stereocenters. The van der Waals surface area contributed by atoms with Gasteiger partial charge in [-0.05, 0) is 38.8 Å². The minimum absolute atomic E-state index is 0.117. The first kappa shape index (κ1) is 20.5. The van der Waals surface area contributed by atoms with E-state index in [1.807, 2.05) is 26.0 Å². The topological polar surface area (TPSA) is 97.0 Å². The van der Waals surface area contributed by atoms with Crippen molar-refractivity contribution in [2.24, 2.45) is 0 Å². The van der Waals surface area contributed by atoms with E-state index in [1.165, 1.54) is 0 Å². The first-order chi connectivity index (χ1) is 14.4. The molecule has 0 bridgehead atoms.